The number of allylic oxidation sites excluding steroid dienone is 1. The summed E-state index contributed by atoms with van der Waals surface area (Å²) in [6, 6.07) is 14.0. The topological polar surface area (TPSA) is 99.5 Å². The highest BCUT2D eigenvalue weighted by Gasteiger charge is 2.14. The van der Waals surface area contributed by atoms with Crippen LogP contribution in [0.15, 0.2) is 82.0 Å². The Hall–Kier alpha value is -3.78. The van der Waals surface area contributed by atoms with Gasteiger partial charge in [-0.3, -0.25) is 4.57 Å². The zero-order chi connectivity index (χ0) is 20.4. The van der Waals surface area contributed by atoms with Crippen LogP contribution < -0.4 is 15.5 Å². The lowest BCUT2D eigenvalue weighted by Crippen LogP contribution is -2.19. The van der Waals surface area contributed by atoms with Gasteiger partial charge in [0.15, 0.2) is 10.6 Å². The lowest BCUT2D eigenvalue weighted by molar-refractivity contribution is 0.0698. The molecule has 29 heavy (non-hydrogen) atoms. The zero-order valence-electron chi connectivity index (χ0n) is 15.2. The highest BCUT2D eigenvalue weighted by molar-refractivity contribution is 7.10. The molecular formula is C21H16N4O3S. The van der Waals surface area contributed by atoms with E-state index < -0.39 is 5.97 Å². The number of fused-ring (bicyclic) bond motifs is 1. The summed E-state index contributed by atoms with van der Waals surface area (Å²) in [7, 11) is 0. The van der Waals surface area contributed by atoms with Crippen LogP contribution in [0.2, 0.25) is 0 Å². The number of carboxylic acid groups (broad SMARTS) is 1. The third-order valence-corrected chi connectivity index (χ3v) is 5.20. The molecule has 0 aliphatic carbocycles. The normalized spacial score (nSPS) is 12.8. The quantitative estimate of drug-likeness (QED) is 0.640. The van der Waals surface area contributed by atoms with Crippen molar-refractivity contribution in [1.29, 1.82) is 0 Å². The van der Waals surface area contributed by atoms with Crippen molar-refractivity contribution in [3.8, 4) is 5.88 Å². The Kier molecular flexibility index (Phi) is 4.92. The molecule has 1 aromatic heterocycles. The zero-order valence-corrected chi connectivity index (χ0v) is 16.0. The maximum Gasteiger partial charge on any atom is 0.337 e. The summed E-state index contributed by atoms with van der Waals surface area (Å²) in [5.41, 5.74) is 0.391. The molecule has 8 heteroatoms. The average Bonchev–Trinajstić information content (AvgIpc) is 3.24. The lowest BCUT2D eigenvalue weighted by atomic mass is 10.2. The van der Waals surface area contributed by atoms with Crippen LogP contribution in [-0.2, 0) is 6.54 Å². The predicted octanol–water partition coefficient (Wildman–Crippen LogP) is 2.62. The monoisotopic (exact) mass is 404 g/mol. The Morgan fingerprint density at radius 1 is 1.14 bits per heavy atom. The van der Waals surface area contributed by atoms with Crippen LogP contribution in [0.5, 0.6) is 5.88 Å². The maximum atomic E-state index is 11.5. The Bertz CT molecular complexity index is 1310. The minimum absolute atomic E-state index is 0.00434. The molecule has 3 aromatic rings. The van der Waals surface area contributed by atoms with Crippen molar-refractivity contribution in [2.75, 3.05) is 0 Å². The van der Waals surface area contributed by atoms with Crippen LogP contribution in [0.4, 0.5) is 5.69 Å². The molecule has 144 valence electrons. The molecule has 0 saturated carbocycles. The van der Waals surface area contributed by atoms with Crippen molar-refractivity contribution in [3.05, 3.63) is 93.0 Å². The van der Waals surface area contributed by atoms with Gasteiger partial charge in [0.1, 0.15) is 0 Å². The Balaban J connectivity index is 1.86. The third-order valence-electron chi connectivity index (χ3n) is 4.18. The molecule has 1 aliphatic rings. The first-order valence-corrected chi connectivity index (χ1v) is 9.53. The molecule has 0 saturated heterocycles. The fraction of sp³-hybridized carbons (Fsp3) is 0.0476. The van der Waals surface area contributed by atoms with Crippen molar-refractivity contribution >= 4 is 29.1 Å². The molecular weight excluding hydrogens is 388 g/mol. The summed E-state index contributed by atoms with van der Waals surface area (Å²) in [5, 5.41) is 21.6. The van der Waals surface area contributed by atoms with Crippen LogP contribution in [0.25, 0.3) is 6.08 Å². The summed E-state index contributed by atoms with van der Waals surface area (Å²) in [5.74, 6) is -0.592. The first-order valence-electron chi connectivity index (χ1n) is 8.71. The second-order valence-electron chi connectivity index (χ2n) is 6.12. The van der Waals surface area contributed by atoms with E-state index in [4.69, 9.17) is 0 Å². The van der Waals surface area contributed by atoms with Crippen LogP contribution in [0.3, 0.4) is 0 Å². The van der Waals surface area contributed by atoms with Gasteiger partial charge in [0.2, 0.25) is 5.88 Å². The summed E-state index contributed by atoms with van der Waals surface area (Å²) in [6.07, 6.45) is 3.31. The number of hydrogen-bond donors (Lipinski definition) is 2. The number of para-hydroxylation sites is 3. The van der Waals surface area contributed by atoms with Crippen molar-refractivity contribution in [1.82, 2.24) is 4.57 Å². The van der Waals surface area contributed by atoms with Gasteiger partial charge in [0, 0.05) is 12.6 Å². The Morgan fingerprint density at radius 3 is 2.45 bits per heavy atom. The van der Waals surface area contributed by atoms with Gasteiger partial charge in [-0.1, -0.05) is 41.7 Å². The van der Waals surface area contributed by atoms with Crippen molar-refractivity contribution in [2.45, 2.75) is 6.54 Å². The van der Waals surface area contributed by atoms with Crippen LogP contribution in [0, 0.1) is 0 Å². The van der Waals surface area contributed by atoms with Crippen LogP contribution in [-0.4, -0.2) is 20.7 Å². The van der Waals surface area contributed by atoms with Gasteiger partial charge in [-0.15, -0.1) is 6.58 Å². The highest BCUT2D eigenvalue weighted by Crippen LogP contribution is 2.25. The summed E-state index contributed by atoms with van der Waals surface area (Å²) >= 11 is 1.22. The molecule has 7 nitrogen and oxygen atoms in total. The van der Waals surface area contributed by atoms with E-state index in [0.29, 0.717) is 27.7 Å². The number of rotatable bonds is 5. The van der Waals surface area contributed by atoms with Crippen molar-refractivity contribution < 1.29 is 15.0 Å². The van der Waals surface area contributed by atoms with Crippen LogP contribution in [0.1, 0.15) is 15.2 Å². The van der Waals surface area contributed by atoms with Gasteiger partial charge in [-0.25, -0.2) is 19.8 Å². The van der Waals surface area contributed by atoms with E-state index in [2.05, 4.69) is 21.6 Å². The summed E-state index contributed by atoms with van der Waals surface area (Å²) < 4.78 is 1.56. The molecule has 0 bridgehead atoms. The molecule has 0 spiro atoms. The highest BCUT2D eigenvalue weighted by atomic mass is 32.1. The SMILES string of the molecule is C=CCn1c(O)c(C=C2N=c3ccccc3=N2)sc1=Nc1ccccc1C(=O)O. The fourth-order valence-corrected chi connectivity index (χ4v) is 3.83. The smallest absolute Gasteiger partial charge is 0.337 e. The van der Waals surface area contributed by atoms with Crippen LogP contribution >= 0.6 is 11.3 Å². The largest absolute Gasteiger partial charge is 0.493 e. The van der Waals surface area contributed by atoms with E-state index in [0.717, 1.165) is 10.7 Å². The van der Waals surface area contributed by atoms with Crippen molar-refractivity contribution in [2.24, 2.45) is 15.0 Å². The second kappa shape index (κ2) is 7.69. The van der Waals surface area contributed by atoms with E-state index in [-0.39, 0.29) is 11.4 Å². The number of carboxylic acids is 1. The minimum atomic E-state index is -1.07. The van der Waals surface area contributed by atoms with Gasteiger partial charge in [0.05, 0.1) is 26.8 Å². The van der Waals surface area contributed by atoms with E-state index in [9.17, 15) is 15.0 Å². The number of aromatic carboxylic acids is 1. The van der Waals surface area contributed by atoms with Gasteiger partial charge in [-0.05, 0) is 24.3 Å². The molecule has 1 aliphatic heterocycles. The van der Waals surface area contributed by atoms with E-state index in [1.54, 1.807) is 34.9 Å². The van der Waals surface area contributed by atoms with Crippen molar-refractivity contribution in [3.63, 3.8) is 0 Å². The minimum Gasteiger partial charge on any atom is -0.493 e. The number of nitrogens with zero attached hydrogens (tertiary/aromatic N) is 4. The Labute approximate surface area is 169 Å². The predicted molar refractivity (Wildman–Crippen MR) is 110 cm³/mol. The standard InChI is InChI=1S/C21H16N4O3S/c1-2-11-25-19(26)17(12-18-22-15-9-5-6-10-16(15)23-18)29-21(25)24-14-8-4-3-7-13(14)20(27)28/h2-10,12,26H,1,11H2,(H,27,28). The number of hydrogen-bond acceptors (Lipinski definition) is 6. The van der Waals surface area contributed by atoms with E-state index in [1.807, 2.05) is 24.3 Å². The van der Waals surface area contributed by atoms with Gasteiger partial charge >= 0.3 is 5.97 Å². The molecule has 0 atom stereocenters. The molecule has 2 heterocycles. The molecule has 0 fully saturated rings. The lowest BCUT2D eigenvalue weighted by Gasteiger charge is -2.02. The number of aromatic hydroxyl groups is 1. The molecule has 0 radical (unpaired) electrons. The molecule has 0 unspecified atom stereocenters. The molecule has 2 aromatic carbocycles. The number of benzene rings is 2. The Morgan fingerprint density at radius 2 is 1.79 bits per heavy atom. The molecule has 0 amide bonds. The van der Waals surface area contributed by atoms with E-state index in [1.165, 1.54) is 17.4 Å². The first-order chi connectivity index (χ1) is 14.1. The third kappa shape index (κ3) is 3.65. The van der Waals surface area contributed by atoms with Gasteiger partial charge < -0.3 is 10.2 Å². The number of thiazole rings is 1. The number of aromatic nitrogens is 1. The van der Waals surface area contributed by atoms with Gasteiger partial charge in [-0.2, -0.15) is 0 Å². The molecule has 2 N–H and O–H groups in total. The second-order valence-corrected chi connectivity index (χ2v) is 7.13. The van der Waals surface area contributed by atoms with Gasteiger partial charge in [0.25, 0.3) is 0 Å². The molecule has 4 rings (SSSR count). The van der Waals surface area contributed by atoms with E-state index >= 15 is 0 Å². The number of carbonyl (C=O) groups is 1. The average molecular weight is 404 g/mol. The summed E-state index contributed by atoms with van der Waals surface area (Å²) in [4.78, 5) is 25.8. The first kappa shape index (κ1) is 18.6. The fourth-order valence-electron chi connectivity index (χ4n) is 2.86. The summed E-state index contributed by atoms with van der Waals surface area (Å²) in [6.45, 7) is 4.03. The maximum absolute atomic E-state index is 11.5.